The zero-order valence-corrected chi connectivity index (χ0v) is 12.4. The Labute approximate surface area is 122 Å². The zero-order chi connectivity index (χ0) is 13.0. The van der Waals surface area contributed by atoms with Crippen molar-refractivity contribution in [3.63, 3.8) is 0 Å². The molecule has 1 nitrogen and oxygen atoms in total. The number of benzene rings is 1. The fourth-order valence-corrected chi connectivity index (χ4v) is 3.20. The second kappa shape index (κ2) is 6.58. The van der Waals surface area contributed by atoms with E-state index in [1.807, 2.05) is 24.3 Å². The van der Waals surface area contributed by atoms with Gasteiger partial charge in [-0.25, -0.2) is 0 Å². The summed E-state index contributed by atoms with van der Waals surface area (Å²) in [5.41, 5.74) is 1.18. The van der Waals surface area contributed by atoms with Crippen LogP contribution in [0.1, 0.15) is 29.8 Å². The molecule has 1 aromatic heterocycles. The highest BCUT2D eigenvalue weighted by Gasteiger charge is 2.15. The van der Waals surface area contributed by atoms with Crippen LogP contribution >= 0.6 is 34.5 Å². The van der Waals surface area contributed by atoms with Gasteiger partial charge in [-0.15, -0.1) is 11.3 Å². The average Bonchev–Trinajstić information content (AvgIpc) is 2.76. The van der Waals surface area contributed by atoms with Crippen LogP contribution in [-0.2, 0) is 0 Å². The molecule has 1 unspecified atom stereocenters. The van der Waals surface area contributed by atoms with Gasteiger partial charge >= 0.3 is 0 Å². The number of thiophene rings is 1. The van der Waals surface area contributed by atoms with E-state index >= 15 is 0 Å². The number of hydrogen-bond acceptors (Lipinski definition) is 2. The fourth-order valence-electron chi connectivity index (χ4n) is 1.84. The van der Waals surface area contributed by atoms with E-state index in [1.165, 1.54) is 10.4 Å². The molecule has 0 bridgehead atoms. The lowest BCUT2D eigenvalue weighted by Crippen LogP contribution is -2.22. The molecule has 0 fully saturated rings. The van der Waals surface area contributed by atoms with E-state index in [-0.39, 0.29) is 6.04 Å². The van der Waals surface area contributed by atoms with Gasteiger partial charge in [0.15, 0.2) is 0 Å². The lowest BCUT2D eigenvalue weighted by molar-refractivity contribution is 0.606. The molecule has 0 radical (unpaired) electrons. The summed E-state index contributed by atoms with van der Waals surface area (Å²) < 4.78 is 0.815. The van der Waals surface area contributed by atoms with Crippen molar-refractivity contribution in [3.05, 3.63) is 56.2 Å². The first-order valence-corrected chi connectivity index (χ1v) is 7.52. The van der Waals surface area contributed by atoms with Crippen LogP contribution in [0.2, 0.25) is 9.36 Å². The molecule has 0 aliphatic carbocycles. The highest BCUT2D eigenvalue weighted by Crippen LogP contribution is 2.31. The molecular formula is C14H15Cl2NS. The van der Waals surface area contributed by atoms with Crippen LogP contribution in [0.5, 0.6) is 0 Å². The van der Waals surface area contributed by atoms with Gasteiger partial charge < -0.3 is 5.32 Å². The molecule has 1 heterocycles. The predicted octanol–water partition coefficient (Wildman–Crippen LogP) is 5.14. The van der Waals surface area contributed by atoms with Crippen LogP contribution in [0.15, 0.2) is 36.4 Å². The molecule has 0 spiro atoms. The Balaban J connectivity index is 2.30. The van der Waals surface area contributed by atoms with Crippen LogP contribution in [0.3, 0.4) is 0 Å². The molecule has 0 saturated carbocycles. The third-order valence-corrected chi connectivity index (χ3v) is 4.19. The maximum Gasteiger partial charge on any atom is 0.0931 e. The summed E-state index contributed by atoms with van der Waals surface area (Å²) in [6.07, 6.45) is 1.09. The molecule has 1 N–H and O–H groups in total. The first-order chi connectivity index (χ1) is 8.70. The third-order valence-electron chi connectivity index (χ3n) is 2.66. The molecule has 0 amide bonds. The van der Waals surface area contributed by atoms with Gasteiger partial charge in [-0.1, -0.05) is 42.3 Å². The van der Waals surface area contributed by atoms with Crippen molar-refractivity contribution in [2.75, 3.05) is 6.54 Å². The Morgan fingerprint density at radius 3 is 2.67 bits per heavy atom. The van der Waals surface area contributed by atoms with Gasteiger partial charge in [-0.3, -0.25) is 0 Å². The monoisotopic (exact) mass is 299 g/mol. The minimum absolute atomic E-state index is 0.168. The molecule has 0 aliphatic rings. The van der Waals surface area contributed by atoms with E-state index in [1.54, 1.807) is 11.3 Å². The van der Waals surface area contributed by atoms with Crippen molar-refractivity contribution in [2.24, 2.45) is 0 Å². The van der Waals surface area contributed by atoms with Gasteiger partial charge in [-0.05, 0) is 42.8 Å². The Hall–Kier alpha value is -0.540. The summed E-state index contributed by atoms with van der Waals surface area (Å²) in [5, 5.41) is 4.30. The molecule has 1 atom stereocenters. The predicted molar refractivity (Wildman–Crippen MR) is 80.9 cm³/mol. The molecule has 96 valence electrons. The maximum absolute atomic E-state index is 6.07. The summed E-state index contributed by atoms with van der Waals surface area (Å²) in [4.78, 5) is 1.22. The van der Waals surface area contributed by atoms with E-state index in [0.29, 0.717) is 0 Å². The van der Waals surface area contributed by atoms with Gasteiger partial charge in [0.05, 0.1) is 10.4 Å². The van der Waals surface area contributed by atoms with Gasteiger partial charge in [0.1, 0.15) is 0 Å². The highest BCUT2D eigenvalue weighted by molar-refractivity contribution is 7.16. The Bertz CT molecular complexity index is 510. The van der Waals surface area contributed by atoms with Crippen LogP contribution in [0.25, 0.3) is 0 Å². The zero-order valence-electron chi connectivity index (χ0n) is 10.1. The first-order valence-electron chi connectivity index (χ1n) is 5.94. The fraction of sp³-hybridized carbons (Fsp3) is 0.286. The first kappa shape index (κ1) is 13.9. The van der Waals surface area contributed by atoms with Gasteiger partial charge in [0.25, 0.3) is 0 Å². The lowest BCUT2D eigenvalue weighted by Gasteiger charge is -2.17. The van der Waals surface area contributed by atoms with E-state index in [9.17, 15) is 0 Å². The van der Waals surface area contributed by atoms with Gasteiger partial charge in [0.2, 0.25) is 0 Å². The van der Waals surface area contributed by atoms with E-state index < -0.39 is 0 Å². The van der Waals surface area contributed by atoms with Crippen LogP contribution in [-0.4, -0.2) is 6.54 Å². The van der Waals surface area contributed by atoms with Crippen LogP contribution < -0.4 is 5.32 Å². The molecule has 4 heteroatoms. The van der Waals surface area contributed by atoms with Crippen molar-refractivity contribution in [2.45, 2.75) is 19.4 Å². The number of halogens is 2. The molecule has 2 aromatic rings. The van der Waals surface area contributed by atoms with Crippen molar-refractivity contribution in [3.8, 4) is 0 Å². The Morgan fingerprint density at radius 2 is 2.06 bits per heavy atom. The summed E-state index contributed by atoms with van der Waals surface area (Å²) >= 11 is 13.7. The second-order valence-electron chi connectivity index (χ2n) is 4.08. The molecular weight excluding hydrogens is 285 g/mol. The molecule has 18 heavy (non-hydrogen) atoms. The third kappa shape index (κ3) is 3.48. The smallest absolute Gasteiger partial charge is 0.0931 e. The van der Waals surface area contributed by atoms with Crippen LogP contribution in [0, 0.1) is 0 Å². The normalized spacial score (nSPS) is 12.6. The Morgan fingerprint density at radius 1 is 1.22 bits per heavy atom. The highest BCUT2D eigenvalue weighted by atomic mass is 35.5. The van der Waals surface area contributed by atoms with E-state index in [4.69, 9.17) is 23.2 Å². The van der Waals surface area contributed by atoms with Crippen LogP contribution in [0.4, 0.5) is 0 Å². The van der Waals surface area contributed by atoms with Gasteiger partial charge in [0, 0.05) is 9.90 Å². The molecule has 2 rings (SSSR count). The molecule has 0 aliphatic heterocycles. The Kier molecular flexibility index (Phi) is 5.07. The topological polar surface area (TPSA) is 12.0 Å². The van der Waals surface area contributed by atoms with Gasteiger partial charge in [-0.2, -0.15) is 0 Å². The second-order valence-corrected chi connectivity index (χ2v) is 6.27. The number of rotatable bonds is 5. The summed E-state index contributed by atoms with van der Waals surface area (Å²) in [6.45, 7) is 3.12. The van der Waals surface area contributed by atoms with Crippen molar-refractivity contribution < 1.29 is 0 Å². The van der Waals surface area contributed by atoms with Crippen molar-refractivity contribution >= 4 is 34.5 Å². The number of hydrogen-bond donors (Lipinski definition) is 1. The minimum Gasteiger partial charge on any atom is -0.306 e. The summed E-state index contributed by atoms with van der Waals surface area (Å²) in [5.74, 6) is 0. The average molecular weight is 300 g/mol. The van der Waals surface area contributed by atoms with E-state index in [2.05, 4.69) is 24.4 Å². The summed E-state index contributed by atoms with van der Waals surface area (Å²) in [6, 6.07) is 12.1. The quantitative estimate of drug-likeness (QED) is 0.805. The van der Waals surface area contributed by atoms with E-state index in [0.717, 1.165) is 22.3 Å². The number of nitrogens with one attached hydrogen (secondary N) is 1. The molecule has 0 saturated heterocycles. The molecule has 1 aromatic carbocycles. The standard InChI is InChI=1S/C14H15Cl2NS/c1-2-8-17-14(12-6-7-13(16)18-12)10-4-3-5-11(15)9-10/h3-7,9,14,17H,2,8H2,1H3. The minimum atomic E-state index is 0.168. The SMILES string of the molecule is CCCNC(c1cccc(Cl)c1)c1ccc(Cl)s1. The lowest BCUT2D eigenvalue weighted by atomic mass is 10.1. The van der Waals surface area contributed by atoms with Crippen molar-refractivity contribution in [1.29, 1.82) is 0 Å². The van der Waals surface area contributed by atoms with Crippen molar-refractivity contribution in [1.82, 2.24) is 5.32 Å². The maximum atomic E-state index is 6.07. The summed E-state index contributed by atoms with van der Waals surface area (Å²) in [7, 11) is 0. The largest absolute Gasteiger partial charge is 0.306 e.